The molecule has 0 aliphatic rings. The molecule has 0 spiro atoms. The third-order valence-electron chi connectivity index (χ3n) is 3.65. The molecule has 0 amide bonds. The highest BCUT2D eigenvalue weighted by Crippen LogP contribution is 2.30. The Hall–Kier alpha value is -0.780. The average Bonchev–Trinajstić information content (AvgIpc) is 2.43. The molecule has 0 fully saturated rings. The molecule has 0 saturated carbocycles. The lowest BCUT2D eigenvalue weighted by Crippen LogP contribution is -2.30. The Morgan fingerprint density at radius 3 is 2.33 bits per heavy atom. The first-order chi connectivity index (χ1) is 9.82. The molecule has 0 aliphatic heterocycles. The first-order valence-corrected chi connectivity index (χ1v) is 8.11. The zero-order chi connectivity index (χ0) is 16.0. The van der Waals surface area contributed by atoms with Crippen molar-refractivity contribution in [3.05, 3.63) is 20.3 Å². The summed E-state index contributed by atoms with van der Waals surface area (Å²) in [6.07, 6.45) is 0. The second kappa shape index (κ2) is 8.01. The van der Waals surface area contributed by atoms with Gasteiger partial charge in [0.1, 0.15) is 0 Å². The molecule has 0 aromatic heterocycles. The predicted molar refractivity (Wildman–Crippen MR) is 91.7 cm³/mol. The zero-order valence-electron chi connectivity index (χ0n) is 13.9. The average molecular weight is 312 g/mol. The highest BCUT2D eigenvalue weighted by atomic mass is 32.1. The first-order valence-electron chi connectivity index (χ1n) is 7.70. The lowest BCUT2D eigenvalue weighted by atomic mass is 9.83. The van der Waals surface area contributed by atoms with Crippen molar-refractivity contribution in [3.63, 3.8) is 0 Å². The van der Waals surface area contributed by atoms with E-state index in [1.54, 1.807) is 0 Å². The van der Waals surface area contributed by atoms with Gasteiger partial charge < -0.3 is 15.0 Å². The fourth-order valence-corrected chi connectivity index (χ4v) is 2.87. The summed E-state index contributed by atoms with van der Waals surface area (Å²) < 4.78 is 6.08. The fourth-order valence-electron chi connectivity index (χ4n) is 2.36. The molecule has 0 radical (unpaired) electrons. The minimum atomic E-state index is -0.0864. The third-order valence-corrected chi connectivity index (χ3v) is 4.04. The monoisotopic (exact) mass is 312 g/mol. The number of nitrogens with zero attached hydrogens (tertiary/aromatic N) is 1. The quantitative estimate of drug-likeness (QED) is 0.561. The summed E-state index contributed by atoms with van der Waals surface area (Å²) >= 11 is 5.14. The molecule has 0 unspecified atom stereocenters. The summed E-state index contributed by atoms with van der Waals surface area (Å²) in [7, 11) is 0. The van der Waals surface area contributed by atoms with Gasteiger partial charge in [0.15, 0.2) is 0 Å². The zero-order valence-corrected chi connectivity index (χ0v) is 14.7. The van der Waals surface area contributed by atoms with Crippen LogP contribution in [-0.2, 0) is 10.2 Å². The molecule has 21 heavy (non-hydrogen) atoms. The Morgan fingerprint density at radius 1 is 1.19 bits per heavy atom. The van der Waals surface area contributed by atoms with Gasteiger partial charge in [-0.2, -0.15) is 0 Å². The van der Waals surface area contributed by atoms with Gasteiger partial charge in [0.05, 0.1) is 23.4 Å². The summed E-state index contributed by atoms with van der Waals surface area (Å²) in [6.45, 7) is 15.5. The number of rotatable bonds is 9. The van der Waals surface area contributed by atoms with Crippen LogP contribution in [0.15, 0.2) is 4.79 Å². The molecule has 1 rings (SSSR count). The smallest absolute Gasteiger partial charge is 0.220 e. The Kier molecular flexibility index (Phi) is 6.97. The lowest BCUT2D eigenvalue weighted by Gasteiger charge is -2.25. The number of likely N-dealkylation sites (N-methyl/N-ethyl adjacent to an activating group) is 1. The summed E-state index contributed by atoms with van der Waals surface area (Å²) in [5.41, 5.74) is 1.54. The van der Waals surface area contributed by atoms with Crippen molar-refractivity contribution in [1.29, 1.82) is 0 Å². The fraction of sp³-hybridized carbons (Fsp3) is 0.750. The van der Waals surface area contributed by atoms with Crippen LogP contribution in [0.5, 0.6) is 0 Å². The SMILES string of the molecule is CCN(CC)CCOCCNc1c(C(C)(C)C)c(=S)c1=O. The molecule has 120 valence electrons. The maximum absolute atomic E-state index is 11.8. The van der Waals surface area contributed by atoms with E-state index in [4.69, 9.17) is 17.0 Å². The van der Waals surface area contributed by atoms with E-state index in [0.29, 0.717) is 23.3 Å². The van der Waals surface area contributed by atoms with E-state index in [1.165, 1.54) is 0 Å². The van der Waals surface area contributed by atoms with Crippen molar-refractivity contribution in [2.45, 2.75) is 40.0 Å². The summed E-state index contributed by atoms with van der Waals surface area (Å²) in [5, 5.41) is 3.18. The minimum absolute atomic E-state index is 0.0296. The Morgan fingerprint density at radius 2 is 1.81 bits per heavy atom. The van der Waals surface area contributed by atoms with Crippen LogP contribution in [0, 0.1) is 4.51 Å². The molecule has 5 heteroatoms. The van der Waals surface area contributed by atoms with Gasteiger partial charge in [-0.1, -0.05) is 46.8 Å². The van der Waals surface area contributed by atoms with E-state index in [1.807, 2.05) is 0 Å². The van der Waals surface area contributed by atoms with Gasteiger partial charge in [-0.3, -0.25) is 4.79 Å². The highest BCUT2D eigenvalue weighted by Gasteiger charge is 2.27. The van der Waals surface area contributed by atoms with E-state index in [9.17, 15) is 4.79 Å². The molecule has 0 heterocycles. The van der Waals surface area contributed by atoms with Crippen LogP contribution >= 0.6 is 12.2 Å². The molecule has 1 aromatic carbocycles. The third kappa shape index (κ3) is 4.87. The van der Waals surface area contributed by atoms with E-state index in [0.717, 1.165) is 31.8 Å². The molecule has 0 saturated heterocycles. The summed E-state index contributed by atoms with van der Waals surface area (Å²) in [5.74, 6) is 0. The second-order valence-electron chi connectivity index (χ2n) is 6.22. The summed E-state index contributed by atoms with van der Waals surface area (Å²) in [6, 6.07) is 0. The van der Waals surface area contributed by atoms with Gasteiger partial charge in [0.2, 0.25) is 5.43 Å². The van der Waals surface area contributed by atoms with Crippen molar-refractivity contribution in [2.24, 2.45) is 0 Å². The molecular weight excluding hydrogens is 284 g/mol. The van der Waals surface area contributed by atoms with E-state index >= 15 is 0 Å². The Balaban J connectivity index is 2.33. The molecule has 0 bridgehead atoms. The van der Waals surface area contributed by atoms with Crippen LogP contribution in [-0.4, -0.2) is 44.3 Å². The predicted octanol–water partition coefficient (Wildman–Crippen LogP) is 2.72. The van der Waals surface area contributed by atoms with Crippen LogP contribution in [0.3, 0.4) is 0 Å². The number of hydrogen-bond donors (Lipinski definition) is 1. The van der Waals surface area contributed by atoms with Crippen molar-refractivity contribution < 1.29 is 4.74 Å². The highest BCUT2D eigenvalue weighted by molar-refractivity contribution is 7.71. The number of anilines is 1. The first kappa shape index (κ1) is 18.3. The number of hydrogen-bond acceptors (Lipinski definition) is 5. The Bertz CT molecular complexity index is 509. The molecule has 0 aliphatic carbocycles. The Labute approximate surface area is 133 Å². The normalized spacial score (nSPS) is 12.3. The molecule has 0 atom stereocenters. The van der Waals surface area contributed by atoms with Gasteiger partial charge in [-0.15, -0.1) is 0 Å². The van der Waals surface area contributed by atoms with Gasteiger partial charge in [0, 0.05) is 18.7 Å². The van der Waals surface area contributed by atoms with E-state index in [2.05, 4.69) is 44.8 Å². The summed E-state index contributed by atoms with van der Waals surface area (Å²) in [4.78, 5) is 14.1. The van der Waals surface area contributed by atoms with Crippen LogP contribution in [0.4, 0.5) is 5.69 Å². The van der Waals surface area contributed by atoms with Gasteiger partial charge >= 0.3 is 0 Å². The van der Waals surface area contributed by atoms with Crippen molar-refractivity contribution in [3.8, 4) is 0 Å². The molecular formula is C16H28N2O2S. The van der Waals surface area contributed by atoms with Crippen molar-refractivity contribution in [2.75, 3.05) is 44.7 Å². The standard InChI is InChI=1S/C16H28N2O2S/c1-6-18(7-2)9-11-20-10-8-17-13-12(16(3,4)5)15(21)14(13)19/h17H,6-11H2,1-5H3. The largest absolute Gasteiger partial charge is 0.379 e. The second-order valence-corrected chi connectivity index (χ2v) is 6.63. The maximum Gasteiger partial charge on any atom is 0.220 e. The number of ether oxygens (including phenoxy) is 1. The van der Waals surface area contributed by atoms with Crippen molar-refractivity contribution >= 4 is 17.9 Å². The minimum Gasteiger partial charge on any atom is -0.379 e. The topological polar surface area (TPSA) is 41.6 Å². The van der Waals surface area contributed by atoms with Gasteiger partial charge in [0.25, 0.3) is 0 Å². The van der Waals surface area contributed by atoms with E-state index in [-0.39, 0.29) is 10.8 Å². The van der Waals surface area contributed by atoms with Gasteiger partial charge in [-0.05, 0) is 18.5 Å². The molecule has 4 nitrogen and oxygen atoms in total. The lowest BCUT2D eigenvalue weighted by molar-refractivity contribution is 0.114. The maximum atomic E-state index is 11.8. The van der Waals surface area contributed by atoms with Crippen LogP contribution in [0.1, 0.15) is 40.2 Å². The number of nitrogens with one attached hydrogen (secondary N) is 1. The molecule has 1 N–H and O–H groups in total. The van der Waals surface area contributed by atoms with Crippen LogP contribution < -0.4 is 10.7 Å². The van der Waals surface area contributed by atoms with Crippen LogP contribution in [0.25, 0.3) is 0 Å². The van der Waals surface area contributed by atoms with Crippen LogP contribution in [0.2, 0.25) is 0 Å². The van der Waals surface area contributed by atoms with Crippen molar-refractivity contribution in [1.82, 2.24) is 4.90 Å². The van der Waals surface area contributed by atoms with Gasteiger partial charge in [-0.25, -0.2) is 0 Å². The molecule has 1 aromatic rings. The van der Waals surface area contributed by atoms with E-state index < -0.39 is 0 Å².